The Bertz CT molecular complexity index is 835. The Morgan fingerprint density at radius 2 is 2.36 bits per heavy atom. The molecule has 6 heteroatoms. The molecule has 0 aliphatic carbocycles. The minimum Gasteiger partial charge on any atom is -0.486 e. The summed E-state index contributed by atoms with van der Waals surface area (Å²) < 4.78 is 6.13. The van der Waals surface area contributed by atoms with E-state index < -0.39 is 0 Å². The maximum absolute atomic E-state index is 11.8. The fourth-order valence-corrected chi connectivity index (χ4v) is 2.85. The van der Waals surface area contributed by atoms with Gasteiger partial charge < -0.3 is 15.0 Å². The number of hydrogen-bond acceptors (Lipinski definition) is 5. The molecular formula is C19H20N4O2. The van der Waals surface area contributed by atoms with Crippen molar-refractivity contribution in [3.8, 4) is 11.8 Å². The molecule has 25 heavy (non-hydrogen) atoms. The third kappa shape index (κ3) is 3.95. The maximum atomic E-state index is 11.8. The highest BCUT2D eigenvalue weighted by Gasteiger charge is 2.32. The van der Waals surface area contributed by atoms with Gasteiger partial charge in [0.1, 0.15) is 11.9 Å². The topological polar surface area (TPSA) is 78.3 Å². The van der Waals surface area contributed by atoms with Gasteiger partial charge in [-0.2, -0.15) is 5.26 Å². The molecule has 1 fully saturated rings. The first-order valence-electron chi connectivity index (χ1n) is 8.21. The van der Waals surface area contributed by atoms with Crippen molar-refractivity contribution in [2.75, 3.05) is 26.7 Å². The van der Waals surface area contributed by atoms with Crippen molar-refractivity contribution >= 4 is 16.7 Å². The van der Waals surface area contributed by atoms with Gasteiger partial charge in [0, 0.05) is 23.9 Å². The second-order valence-electron chi connectivity index (χ2n) is 6.00. The fraction of sp³-hybridized carbons (Fsp3) is 0.316. The number of allylic oxidation sites excluding steroid dienone is 2. The SMILES string of the molecule is CNCC(=O)N1CC(Oc2cc(C/C=C/C#N)cc3ccncc23)C1. The number of likely N-dealkylation sites (tertiary alicyclic amines) is 1. The molecule has 1 amide bonds. The van der Waals surface area contributed by atoms with Crippen molar-refractivity contribution in [3.05, 3.63) is 48.3 Å². The van der Waals surface area contributed by atoms with Crippen LogP contribution < -0.4 is 10.1 Å². The number of fused-ring (bicyclic) bond motifs is 1. The molecule has 0 atom stereocenters. The van der Waals surface area contributed by atoms with Gasteiger partial charge in [-0.25, -0.2) is 0 Å². The van der Waals surface area contributed by atoms with Gasteiger partial charge in [0.15, 0.2) is 0 Å². The average Bonchev–Trinajstić information content (AvgIpc) is 2.58. The van der Waals surface area contributed by atoms with Crippen molar-refractivity contribution in [1.82, 2.24) is 15.2 Å². The quantitative estimate of drug-likeness (QED) is 0.812. The minimum absolute atomic E-state index is 0.00545. The van der Waals surface area contributed by atoms with Crippen LogP contribution in [0.5, 0.6) is 5.75 Å². The van der Waals surface area contributed by atoms with Gasteiger partial charge in [0.25, 0.3) is 0 Å². The lowest BCUT2D eigenvalue weighted by Crippen LogP contribution is -2.57. The van der Waals surface area contributed by atoms with Crippen LogP contribution in [0.1, 0.15) is 5.56 Å². The average molecular weight is 336 g/mol. The summed E-state index contributed by atoms with van der Waals surface area (Å²) in [4.78, 5) is 17.8. The Labute approximate surface area is 146 Å². The van der Waals surface area contributed by atoms with Gasteiger partial charge in [-0.05, 0) is 36.6 Å². The molecule has 1 aromatic carbocycles. The largest absolute Gasteiger partial charge is 0.486 e. The number of aromatic nitrogens is 1. The molecule has 1 saturated heterocycles. The van der Waals surface area contributed by atoms with Crippen LogP contribution >= 0.6 is 0 Å². The van der Waals surface area contributed by atoms with Crippen LogP contribution in [0.4, 0.5) is 0 Å². The highest BCUT2D eigenvalue weighted by Crippen LogP contribution is 2.29. The number of nitriles is 1. The number of nitrogens with zero attached hydrogens (tertiary/aromatic N) is 3. The summed E-state index contributed by atoms with van der Waals surface area (Å²) in [5.41, 5.74) is 1.07. The van der Waals surface area contributed by atoms with Gasteiger partial charge in [0.2, 0.25) is 5.91 Å². The zero-order valence-corrected chi connectivity index (χ0v) is 14.1. The highest BCUT2D eigenvalue weighted by molar-refractivity contribution is 5.88. The number of hydrogen-bond donors (Lipinski definition) is 1. The number of amides is 1. The number of pyridine rings is 1. The molecule has 1 aliphatic rings. The Morgan fingerprint density at radius 1 is 1.52 bits per heavy atom. The van der Waals surface area contributed by atoms with E-state index in [0.717, 1.165) is 22.1 Å². The standard InChI is InChI=1S/C19H20N4O2/c1-21-11-19(24)23-12-16(13-23)25-18-9-14(4-2-3-6-20)8-15-5-7-22-10-17(15)18/h2-3,5,7-10,16,21H,4,11-13H2,1H3/b3-2+. The van der Waals surface area contributed by atoms with E-state index in [1.54, 1.807) is 24.3 Å². The van der Waals surface area contributed by atoms with Crippen LogP contribution in [-0.2, 0) is 11.2 Å². The number of likely N-dealkylation sites (N-methyl/N-ethyl adjacent to an activating group) is 1. The van der Waals surface area contributed by atoms with E-state index in [4.69, 9.17) is 10.00 Å². The lowest BCUT2D eigenvalue weighted by molar-refractivity contribution is -0.138. The second kappa shape index (κ2) is 7.77. The van der Waals surface area contributed by atoms with Crippen molar-refractivity contribution in [2.45, 2.75) is 12.5 Å². The molecule has 0 saturated carbocycles. The van der Waals surface area contributed by atoms with E-state index in [9.17, 15) is 4.79 Å². The van der Waals surface area contributed by atoms with Gasteiger partial charge in [-0.1, -0.05) is 12.1 Å². The first-order chi connectivity index (χ1) is 12.2. The lowest BCUT2D eigenvalue weighted by Gasteiger charge is -2.39. The van der Waals surface area contributed by atoms with E-state index in [0.29, 0.717) is 26.1 Å². The van der Waals surface area contributed by atoms with Gasteiger partial charge >= 0.3 is 0 Å². The van der Waals surface area contributed by atoms with Crippen LogP contribution in [0.2, 0.25) is 0 Å². The molecule has 1 aliphatic heterocycles. The summed E-state index contributed by atoms with van der Waals surface area (Å²) >= 11 is 0. The fourth-order valence-electron chi connectivity index (χ4n) is 2.85. The summed E-state index contributed by atoms with van der Waals surface area (Å²) in [5.74, 6) is 0.862. The molecule has 0 bridgehead atoms. The summed E-state index contributed by atoms with van der Waals surface area (Å²) in [6.07, 6.45) is 7.51. The molecule has 1 aromatic heterocycles. The van der Waals surface area contributed by atoms with Crippen molar-refractivity contribution in [3.63, 3.8) is 0 Å². The normalized spacial score (nSPS) is 14.5. The third-order valence-corrected chi connectivity index (χ3v) is 4.15. The number of ether oxygens (including phenoxy) is 1. The monoisotopic (exact) mass is 336 g/mol. The number of nitrogens with one attached hydrogen (secondary N) is 1. The number of carbonyl (C=O) groups excluding carboxylic acids is 1. The zero-order chi connectivity index (χ0) is 17.6. The third-order valence-electron chi connectivity index (χ3n) is 4.15. The molecule has 0 spiro atoms. The summed E-state index contributed by atoms with van der Waals surface area (Å²) in [6.45, 7) is 1.54. The lowest BCUT2D eigenvalue weighted by atomic mass is 10.0. The smallest absolute Gasteiger partial charge is 0.236 e. The molecule has 2 heterocycles. The Hall–Kier alpha value is -2.91. The highest BCUT2D eigenvalue weighted by atomic mass is 16.5. The molecule has 3 rings (SSSR count). The predicted octanol–water partition coefficient (Wildman–Crippen LogP) is 1.67. The van der Waals surface area contributed by atoms with Crippen LogP contribution in [-0.4, -0.2) is 48.6 Å². The maximum Gasteiger partial charge on any atom is 0.236 e. The van der Waals surface area contributed by atoms with Crippen molar-refractivity contribution in [2.24, 2.45) is 0 Å². The number of carbonyl (C=O) groups is 1. The minimum atomic E-state index is -0.00545. The molecule has 1 N–H and O–H groups in total. The van der Waals surface area contributed by atoms with E-state index >= 15 is 0 Å². The van der Waals surface area contributed by atoms with Gasteiger partial charge in [0.05, 0.1) is 25.7 Å². The first-order valence-corrected chi connectivity index (χ1v) is 8.21. The Morgan fingerprint density at radius 3 is 3.12 bits per heavy atom. The van der Waals surface area contributed by atoms with Crippen molar-refractivity contribution in [1.29, 1.82) is 5.26 Å². The molecule has 2 aromatic rings. The molecule has 128 valence electrons. The Kier molecular flexibility index (Phi) is 5.26. The first kappa shape index (κ1) is 16.9. The number of rotatable bonds is 6. The van der Waals surface area contributed by atoms with Crippen LogP contribution in [0.25, 0.3) is 10.8 Å². The summed E-state index contributed by atoms with van der Waals surface area (Å²) in [5, 5.41) is 13.5. The van der Waals surface area contributed by atoms with Crippen LogP contribution in [0.15, 0.2) is 42.7 Å². The van der Waals surface area contributed by atoms with Gasteiger partial charge in [-0.15, -0.1) is 0 Å². The van der Waals surface area contributed by atoms with Crippen LogP contribution in [0.3, 0.4) is 0 Å². The van der Waals surface area contributed by atoms with Gasteiger partial charge in [-0.3, -0.25) is 9.78 Å². The van der Waals surface area contributed by atoms with Crippen molar-refractivity contribution < 1.29 is 9.53 Å². The Balaban J connectivity index is 1.75. The van der Waals surface area contributed by atoms with E-state index in [1.165, 1.54) is 6.08 Å². The molecule has 0 radical (unpaired) electrons. The zero-order valence-electron chi connectivity index (χ0n) is 14.1. The summed E-state index contributed by atoms with van der Waals surface area (Å²) in [7, 11) is 1.76. The molecule has 0 unspecified atom stereocenters. The predicted molar refractivity (Wildman–Crippen MR) is 95.1 cm³/mol. The second-order valence-corrected chi connectivity index (χ2v) is 6.00. The van der Waals surface area contributed by atoms with E-state index in [-0.39, 0.29) is 12.0 Å². The van der Waals surface area contributed by atoms with E-state index in [2.05, 4.69) is 16.4 Å². The van der Waals surface area contributed by atoms with Crippen LogP contribution in [0, 0.1) is 11.3 Å². The summed E-state index contributed by atoms with van der Waals surface area (Å²) in [6, 6.07) is 8.02. The molecular weight excluding hydrogens is 316 g/mol. The molecule has 6 nitrogen and oxygen atoms in total. The number of benzene rings is 1. The van der Waals surface area contributed by atoms with E-state index in [1.807, 2.05) is 24.3 Å².